The molecule has 0 aliphatic carbocycles. The number of ether oxygens (including phenoxy) is 4. The zero-order valence-corrected chi connectivity index (χ0v) is 41.4. The molecule has 1 saturated heterocycles. The van der Waals surface area contributed by atoms with Gasteiger partial charge in [-0.05, 0) is 44.9 Å². The molecule has 0 saturated carbocycles. The van der Waals surface area contributed by atoms with Crippen molar-refractivity contribution in [2.24, 2.45) is 0 Å². The first-order valence-corrected chi connectivity index (χ1v) is 27.5. The number of carbonyl (C=O) groups is 1. The van der Waals surface area contributed by atoms with Crippen LogP contribution in [-0.2, 0) is 38.3 Å². The summed E-state index contributed by atoms with van der Waals surface area (Å²) < 4.78 is 59.2. The summed E-state index contributed by atoms with van der Waals surface area (Å²) in [6.45, 7) is 4.01. The molecule has 0 aromatic carbocycles. The molecule has 0 radical (unpaired) electrons. The number of hydrogen-bond acceptors (Lipinski definition) is 11. The van der Waals surface area contributed by atoms with Gasteiger partial charge in [0.05, 0.1) is 19.8 Å². The molecule has 378 valence electrons. The topological polar surface area (TPSA) is 178 Å². The highest BCUT2D eigenvalue weighted by atomic mass is 32.3. The van der Waals surface area contributed by atoms with E-state index in [0.717, 1.165) is 44.9 Å². The summed E-state index contributed by atoms with van der Waals surface area (Å²) in [6.07, 6.45) is 40.7. The summed E-state index contributed by atoms with van der Waals surface area (Å²) in [5.41, 5.74) is 0. The van der Waals surface area contributed by atoms with Crippen molar-refractivity contribution in [1.29, 1.82) is 0 Å². The Labute approximate surface area is 391 Å². The summed E-state index contributed by atoms with van der Waals surface area (Å²) in [7, 11) is -5.06. The number of allylic oxidation sites excluding steroid dienone is 4. The lowest BCUT2D eigenvalue weighted by atomic mass is 9.99. The highest BCUT2D eigenvalue weighted by Crippen LogP contribution is 2.26. The van der Waals surface area contributed by atoms with Crippen molar-refractivity contribution in [3.05, 3.63) is 24.3 Å². The van der Waals surface area contributed by atoms with Gasteiger partial charge in [0, 0.05) is 13.0 Å². The molecule has 1 fully saturated rings. The Morgan fingerprint density at radius 3 is 1.48 bits per heavy atom. The van der Waals surface area contributed by atoms with E-state index in [2.05, 4.69) is 42.3 Å². The van der Waals surface area contributed by atoms with Crippen molar-refractivity contribution >= 4 is 16.4 Å². The molecule has 1 aliphatic heterocycles. The molecular weight excluding hydrogens is 837 g/mol. The zero-order chi connectivity index (χ0) is 46.8. The van der Waals surface area contributed by atoms with Crippen molar-refractivity contribution in [3.63, 3.8) is 0 Å². The first-order chi connectivity index (χ1) is 31.1. The summed E-state index contributed by atoms with van der Waals surface area (Å²) in [5.74, 6) is -0.396. The SMILES string of the molecule is CCCCCCC/C=C\C/C=C\CCCCCCCCCCCCCCOCC(COC1OC(CO)C(O)C(OS(=O)(=O)O)C1O)OC(=O)CCCCCCCCCCCCCCC. The van der Waals surface area contributed by atoms with Gasteiger partial charge in [0.15, 0.2) is 6.29 Å². The largest absolute Gasteiger partial charge is 0.457 e. The van der Waals surface area contributed by atoms with Crippen LogP contribution in [0.1, 0.15) is 232 Å². The molecule has 0 aromatic heterocycles. The summed E-state index contributed by atoms with van der Waals surface area (Å²) in [4.78, 5) is 12.9. The van der Waals surface area contributed by atoms with E-state index in [1.165, 1.54) is 161 Å². The first kappa shape index (κ1) is 60.6. The average molecular weight is 933 g/mol. The maximum atomic E-state index is 12.9. The minimum Gasteiger partial charge on any atom is -0.457 e. The van der Waals surface area contributed by atoms with Crippen molar-refractivity contribution < 1.29 is 56.2 Å². The molecule has 12 nitrogen and oxygen atoms in total. The van der Waals surface area contributed by atoms with Crippen LogP contribution in [0.5, 0.6) is 0 Å². The Hall–Kier alpha value is -1.42. The van der Waals surface area contributed by atoms with Crippen LogP contribution < -0.4 is 0 Å². The Bertz CT molecular complexity index is 1210. The predicted octanol–water partition coefficient (Wildman–Crippen LogP) is 12.0. The summed E-state index contributed by atoms with van der Waals surface area (Å²) >= 11 is 0. The normalized spacial score (nSPS) is 19.9. The predicted molar refractivity (Wildman–Crippen MR) is 257 cm³/mol. The number of esters is 1. The first-order valence-electron chi connectivity index (χ1n) is 26.1. The van der Waals surface area contributed by atoms with Gasteiger partial charge in [-0.1, -0.05) is 205 Å². The minimum absolute atomic E-state index is 0.0395. The van der Waals surface area contributed by atoms with Crippen LogP contribution in [0.4, 0.5) is 0 Å². The lowest BCUT2D eigenvalue weighted by molar-refractivity contribution is -0.301. The van der Waals surface area contributed by atoms with Crippen LogP contribution in [0.2, 0.25) is 0 Å². The molecule has 1 aliphatic rings. The van der Waals surface area contributed by atoms with Gasteiger partial charge >= 0.3 is 16.4 Å². The third kappa shape index (κ3) is 35.7. The lowest BCUT2D eigenvalue weighted by Crippen LogP contribution is -2.60. The zero-order valence-electron chi connectivity index (χ0n) is 40.6. The number of aliphatic hydroxyl groups is 3. The van der Waals surface area contributed by atoms with Gasteiger partial charge in [-0.25, -0.2) is 4.18 Å². The number of rotatable bonds is 46. The summed E-state index contributed by atoms with van der Waals surface area (Å²) in [5, 5.41) is 30.7. The van der Waals surface area contributed by atoms with Gasteiger partial charge in [-0.2, -0.15) is 8.42 Å². The third-order valence-corrected chi connectivity index (χ3v) is 12.5. The molecule has 4 N–H and O–H groups in total. The van der Waals surface area contributed by atoms with Crippen LogP contribution in [0.3, 0.4) is 0 Å². The Kier molecular flexibility index (Phi) is 40.6. The molecule has 64 heavy (non-hydrogen) atoms. The van der Waals surface area contributed by atoms with E-state index < -0.39 is 59.8 Å². The van der Waals surface area contributed by atoms with E-state index in [-0.39, 0.29) is 19.6 Å². The monoisotopic (exact) mass is 933 g/mol. The van der Waals surface area contributed by atoms with Gasteiger partial charge in [0.2, 0.25) is 0 Å². The van der Waals surface area contributed by atoms with Crippen molar-refractivity contribution in [3.8, 4) is 0 Å². The van der Waals surface area contributed by atoms with Crippen LogP contribution in [0.15, 0.2) is 24.3 Å². The fraction of sp³-hybridized carbons (Fsp3) is 0.902. The highest BCUT2D eigenvalue weighted by molar-refractivity contribution is 7.80. The second kappa shape index (κ2) is 42.9. The number of unbranched alkanes of at least 4 members (excludes halogenated alkanes) is 29. The van der Waals surface area contributed by atoms with E-state index in [9.17, 15) is 33.1 Å². The smallest absolute Gasteiger partial charge is 0.397 e. The van der Waals surface area contributed by atoms with E-state index in [0.29, 0.717) is 13.0 Å². The van der Waals surface area contributed by atoms with E-state index >= 15 is 0 Å². The fourth-order valence-corrected chi connectivity index (χ4v) is 8.62. The second-order valence-corrected chi connectivity index (χ2v) is 19.2. The van der Waals surface area contributed by atoms with Crippen molar-refractivity contribution in [1.82, 2.24) is 0 Å². The van der Waals surface area contributed by atoms with Gasteiger partial charge < -0.3 is 34.3 Å². The molecule has 0 spiro atoms. The molecule has 1 rings (SSSR count). The molecule has 6 atom stereocenters. The molecule has 0 bridgehead atoms. The van der Waals surface area contributed by atoms with E-state index in [1.807, 2.05) is 0 Å². The molecule has 6 unspecified atom stereocenters. The maximum absolute atomic E-state index is 12.9. The lowest BCUT2D eigenvalue weighted by Gasteiger charge is -2.41. The second-order valence-electron chi connectivity index (χ2n) is 18.1. The molecule has 13 heteroatoms. The molecule has 0 aromatic rings. The van der Waals surface area contributed by atoms with Crippen molar-refractivity contribution in [2.45, 2.75) is 269 Å². The van der Waals surface area contributed by atoms with Crippen LogP contribution >= 0.6 is 0 Å². The van der Waals surface area contributed by atoms with Gasteiger partial charge in [0.1, 0.15) is 30.5 Å². The van der Waals surface area contributed by atoms with Gasteiger partial charge in [0.25, 0.3) is 0 Å². The van der Waals surface area contributed by atoms with Gasteiger partial charge in [-0.15, -0.1) is 0 Å². The minimum atomic E-state index is -5.06. The Morgan fingerprint density at radius 2 is 1.03 bits per heavy atom. The van der Waals surface area contributed by atoms with E-state index in [4.69, 9.17) is 18.9 Å². The average Bonchev–Trinajstić information content (AvgIpc) is 3.27. The van der Waals surface area contributed by atoms with Gasteiger partial charge in [-0.3, -0.25) is 9.35 Å². The maximum Gasteiger partial charge on any atom is 0.397 e. The Balaban J connectivity index is 2.30. The van der Waals surface area contributed by atoms with Crippen LogP contribution in [0, 0.1) is 0 Å². The standard InChI is InChI=1S/C51H96O12S/c1-3-5-7-9-11-13-15-17-18-19-20-21-22-23-24-25-26-27-29-31-33-35-37-39-41-59-43-45(44-60-51-49(55)50(63-64(56,57)58)48(54)46(42-52)62-51)61-47(53)40-38-36-34-32-30-28-16-14-12-10-8-6-4-2/h15,17,19-20,45-46,48-52,54-55H,3-14,16,18,21-44H2,1-2H3,(H,56,57,58)/b17-15-,20-19-. The van der Waals surface area contributed by atoms with Crippen LogP contribution in [-0.4, -0.2) is 97.5 Å². The highest BCUT2D eigenvalue weighted by Gasteiger charge is 2.48. The van der Waals surface area contributed by atoms with E-state index in [1.54, 1.807) is 0 Å². The number of aliphatic hydroxyl groups excluding tert-OH is 3. The fourth-order valence-electron chi connectivity index (χ4n) is 8.12. The number of carbonyl (C=O) groups excluding carboxylic acids is 1. The molecular formula is C51H96O12S. The molecule has 0 amide bonds. The third-order valence-electron chi connectivity index (χ3n) is 12.1. The Morgan fingerprint density at radius 1 is 0.594 bits per heavy atom. The molecule has 1 heterocycles. The van der Waals surface area contributed by atoms with Crippen LogP contribution in [0.25, 0.3) is 0 Å². The van der Waals surface area contributed by atoms with Crippen molar-refractivity contribution in [2.75, 3.05) is 26.4 Å². The summed E-state index contributed by atoms with van der Waals surface area (Å²) in [6, 6.07) is 0. The number of hydrogen-bond donors (Lipinski definition) is 4. The quantitative estimate of drug-likeness (QED) is 0.0197.